The van der Waals surface area contributed by atoms with Crippen LogP contribution in [0, 0.1) is 0 Å². The van der Waals surface area contributed by atoms with Crippen LogP contribution in [-0.2, 0) is 0 Å². The van der Waals surface area contributed by atoms with Gasteiger partial charge in [0.05, 0.1) is 0 Å². The maximum Gasteiger partial charge on any atom is 0.136 e. The van der Waals surface area contributed by atoms with Crippen LogP contribution in [-0.4, -0.2) is 0 Å². The third kappa shape index (κ3) is 11.6. The largest absolute Gasteiger partial charge is 0.456 e. The number of benzene rings is 16. The normalized spacial score (nSPS) is 11.6. The van der Waals surface area contributed by atoms with Crippen molar-refractivity contribution in [3.05, 3.63) is 320 Å². The Balaban J connectivity index is 0.0000000912. The first-order chi connectivity index (χ1) is 47.1. The Bertz CT molecular complexity index is 6450. The molecule has 21 aromatic rings. The molecule has 0 amide bonds. The zero-order valence-electron chi connectivity index (χ0n) is 50.7. The van der Waals surface area contributed by atoms with E-state index in [-0.39, 0.29) is 0 Å². The van der Waals surface area contributed by atoms with Gasteiger partial charge in [-0.05, 0) is 187 Å². The van der Waals surface area contributed by atoms with Gasteiger partial charge in [-0.3, -0.25) is 0 Å². The Kier molecular flexibility index (Phi) is 16.4. The van der Waals surface area contributed by atoms with Crippen LogP contribution >= 0.6 is 114 Å². The second-order valence-electron chi connectivity index (χ2n) is 23.7. The molecule has 0 spiro atoms. The number of hydrogen-bond acceptors (Lipinski definition) is 5. The lowest BCUT2D eigenvalue weighted by Gasteiger charge is -2.09. The van der Waals surface area contributed by atoms with Gasteiger partial charge in [0, 0.05) is 110 Å². The van der Waals surface area contributed by atoms with Crippen LogP contribution in [0.3, 0.4) is 0 Å². The predicted molar refractivity (Wildman–Crippen MR) is 437 cm³/mol. The van der Waals surface area contributed by atoms with Gasteiger partial charge in [0.15, 0.2) is 0 Å². The van der Waals surface area contributed by atoms with Crippen molar-refractivity contribution in [2.45, 2.75) is 0 Å². The fourth-order valence-corrected chi connectivity index (χ4v) is 19.3. The molecule has 21 rings (SSSR count). The molecule has 0 atom stereocenters. The first-order valence-electron chi connectivity index (χ1n) is 31.2. The molecule has 96 heavy (non-hydrogen) atoms. The zero-order valence-corrected chi connectivity index (χ0v) is 61.1. The summed E-state index contributed by atoms with van der Waals surface area (Å²) in [5.74, 6) is 0. The summed E-state index contributed by atoms with van der Waals surface area (Å²) in [5.41, 5.74) is 6.37. The van der Waals surface area contributed by atoms with E-state index >= 15 is 0 Å². The fourth-order valence-electron chi connectivity index (χ4n) is 13.2. The van der Waals surface area contributed by atoms with Crippen molar-refractivity contribution in [1.29, 1.82) is 0 Å². The van der Waals surface area contributed by atoms with Crippen molar-refractivity contribution in [2.24, 2.45) is 0 Å². The van der Waals surface area contributed by atoms with Crippen LogP contribution in [0.2, 0.25) is 0 Å². The molecule has 0 saturated heterocycles. The molecule has 16 aromatic carbocycles. The van der Waals surface area contributed by atoms with Crippen LogP contribution in [0.5, 0.6) is 0 Å². The number of furan rings is 2. The quantitative estimate of drug-likeness (QED) is 0.164. The summed E-state index contributed by atoms with van der Waals surface area (Å²) in [4.78, 5) is 0. The molecule has 2 nitrogen and oxygen atoms in total. The Labute approximate surface area is 605 Å². The van der Waals surface area contributed by atoms with E-state index in [1.165, 1.54) is 141 Å². The Morgan fingerprint density at radius 3 is 1.42 bits per heavy atom. The topological polar surface area (TPSA) is 26.3 Å². The number of rotatable bonds is 1. The first-order valence-corrected chi connectivity index (χ1v) is 37.6. The standard InChI is InChI=1S/C22H13BrS.2C16H9BrO.2C16H9BrS/c23-16-11-9-14(10-12-16)21-17-6-2-1-5-15(17)13-19-18-7-3-4-8-20(18)24-22(19)21;17-13-6-3-7-14-16(13)12-8-10-4-1-2-5-11(10)9-15(12)18-14;17-12-6-5-10-8-14-13-3-1-2-4-15(13)18-16(14)9-11(10)7-12;17-13-6-3-7-14-16(13)12-8-10-4-1-2-5-11(10)9-15(12)18-14;17-12-5-6-13-14-7-10-3-1-2-4-11(10)8-15(14)18-16(13)9-12/h1-13H;4*1-9H. The molecule has 5 aromatic heterocycles. The summed E-state index contributed by atoms with van der Waals surface area (Å²) in [6.07, 6.45) is 0. The third-order valence-corrected chi connectivity index (χ3v) is 24.0. The molecule has 0 aliphatic heterocycles. The number of hydrogen-bond donors (Lipinski definition) is 0. The molecule has 5 heterocycles. The highest BCUT2D eigenvalue weighted by atomic mass is 79.9. The minimum atomic E-state index is 0.926. The number of fused-ring (bicyclic) bond motifs is 20. The van der Waals surface area contributed by atoms with Gasteiger partial charge in [-0.1, -0.05) is 250 Å². The molecule has 10 heteroatoms. The lowest BCUT2D eigenvalue weighted by Crippen LogP contribution is -1.82. The minimum Gasteiger partial charge on any atom is -0.456 e. The van der Waals surface area contributed by atoms with Crippen LogP contribution in [0.4, 0.5) is 0 Å². The van der Waals surface area contributed by atoms with E-state index in [2.05, 4.69) is 334 Å². The van der Waals surface area contributed by atoms with Crippen molar-refractivity contribution in [3.8, 4) is 11.1 Å². The smallest absolute Gasteiger partial charge is 0.136 e. The third-order valence-electron chi connectivity index (χ3n) is 17.7. The highest BCUT2D eigenvalue weighted by Gasteiger charge is 2.17. The van der Waals surface area contributed by atoms with E-state index < -0.39 is 0 Å². The van der Waals surface area contributed by atoms with Gasteiger partial charge >= 0.3 is 0 Å². The van der Waals surface area contributed by atoms with Gasteiger partial charge in [-0.15, -0.1) is 34.0 Å². The zero-order chi connectivity index (χ0) is 64.5. The van der Waals surface area contributed by atoms with Gasteiger partial charge in [0.2, 0.25) is 0 Å². The molecular formula is C86H49Br5O2S3. The van der Waals surface area contributed by atoms with E-state index in [1.807, 2.05) is 76.5 Å². The number of thiophene rings is 3. The maximum absolute atomic E-state index is 5.91. The van der Waals surface area contributed by atoms with Crippen molar-refractivity contribution in [1.82, 2.24) is 0 Å². The lowest BCUT2D eigenvalue weighted by molar-refractivity contribution is 0.669. The summed E-state index contributed by atoms with van der Waals surface area (Å²) < 4.78 is 25.5. The van der Waals surface area contributed by atoms with E-state index in [9.17, 15) is 0 Å². The molecule has 0 aliphatic rings. The molecule has 0 N–H and O–H groups in total. The maximum atomic E-state index is 5.91. The predicted octanol–water partition coefficient (Wildman–Crippen LogP) is 30.6. The van der Waals surface area contributed by atoms with Gasteiger partial charge in [-0.2, -0.15) is 0 Å². The van der Waals surface area contributed by atoms with Crippen molar-refractivity contribution < 1.29 is 8.83 Å². The highest BCUT2D eigenvalue weighted by molar-refractivity contribution is 9.11. The van der Waals surface area contributed by atoms with Crippen molar-refractivity contribution in [2.75, 3.05) is 0 Å². The summed E-state index contributed by atoms with van der Waals surface area (Å²) in [7, 11) is 0. The van der Waals surface area contributed by atoms with Crippen LogP contribution in [0.15, 0.2) is 328 Å². The van der Waals surface area contributed by atoms with E-state index in [1.54, 1.807) is 0 Å². The molecule has 0 fully saturated rings. The fraction of sp³-hybridized carbons (Fsp3) is 0. The van der Waals surface area contributed by atoms with Gasteiger partial charge in [-0.25, -0.2) is 0 Å². The molecular weight excluding hydrogens is 1560 g/mol. The van der Waals surface area contributed by atoms with Crippen LogP contribution in [0.1, 0.15) is 0 Å². The van der Waals surface area contributed by atoms with Gasteiger partial charge in [0.1, 0.15) is 22.3 Å². The first kappa shape index (κ1) is 61.1. The molecule has 0 bridgehead atoms. The Morgan fingerprint density at radius 2 is 0.677 bits per heavy atom. The average molecular weight is 1610 g/mol. The van der Waals surface area contributed by atoms with Crippen molar-refractivity contribution in [3.63, 3.8) is 0 Å². The molecule has 0 radical (unpaired) electrons. The highest BCUT2D eigenvalue weighted by Crippen LogP contribution is 2.46. The van der Waals surface area contributed by atoms with Crippen LogP contribution < -0.4 is 0 Å². The Hall–Kier alpha value is -8.52. The monoisotopic (exact) mass is 1600 g/mol. The van der Waals surface area contributed by atoms with Gasteiger partial charge in [0.25, 0.3) is 0 Å². The van der Waals surface area contributed by atoms with E-state index in [4.69, 9.17) is 8.83 Å². The average Bonchev–Trinajstić information content (AvgIpc) is 1.53. The minimum absolute atomic E-state index is 0.926. The molecule has 0 unspecified atom stereocenters. The van der Waals surface area contributed by atoms with E-state index in [0.29, 0.717) is 0 Å². The van der Waals surface area contributed by atoms with Crippen LogP contribution in [0.25, 0.3) is 169 Å². The summed E-state index contributed by atoms with van der Waals surface area (Å²) in [5, 5.41) is 25.5. The summed E-state index contributed by atoms with van der Waals surface area (Å²) in [6.45, 7) is 0. The Morgan fingerprint density at radius 1 is 0.219 bits per heavy atom. The second kappa shape index (κ2) is 25.8. The number of para-hydroxylation sites is 1. The SMILES string of the molecule is Brc1ccc(-c2c3ccccc3cc3c2sc2ccccc23)cc1.Brc1ccc2c(c1)sc1cc3ccccc3cc12.Brc1ccc2cc3c(cc2c1)oc1ccccc13.Brc1cccc2oc3cc4ccccc4cc3c12.Brc1cccc2sc3cc4ccccc4cc3c12. The molecule has 458 valence electrons. The number of halogens is 5. The second-order valence-corrected chi connectivity index (χ2v) is 31.3. The summed E-state index contributed by atoms with van der Waals surface area (Å²) >= 11 is 23.5. The van der Waals surface area contributed by atoms with Crippen molar-refractivity contribution >= 4 is 272 Å². The molecule has 0 aliphatic carbocycles. The molecule has 0 saturated carbocycles. The lowest BCUT2D eigenvalue weighted by atomic mass is 9.95. The van der Waals surface area contributed by atoms with Gasteiger partial charge < -0.3 is 8.83 Å². The summed E-state index contributed by atoms with van der Waals surface area (Å²) in [6, 6.07) is 105. The van der Waals surface area contributed by atoms with E-state index in [0.717, 1.165) is 51.0 Å².